The van der Waals surface area contributed by atoms with E-state index < -0.39 is 0 Å². The lowest BCUT2D eigenvalue weighted by molar-refractivity contribution is 0.400. The van der Waals surface area contributed by atoms with E-state index in [1.165, 1.54) is 5.56 Å². The van der Waals surface area contributed by atoms with Crippen LogP contribution in [-0.2, 0) is 6.54 Å². The SMILES string of the molecule is CCN(CCCN(C)C)c1ncccc1CNC(C)C. The summed E-state index contributed by atoms with van der Waals surface area (Å²) < 4.78 is 0. The Balaban J connectivity index is 2.70. The average molecular weight is 278 g/mol. The first-order valence-corrected chi connectivity index (χ1v) is 7.61. The van der Waals surface area contributed by atoms with E-state index in [-0.39, 0.29) is 0 Å². The van der Waals surface area contributed by atoms with Gasteiger partial charge in [0.25, 0.3) is 0 Å². The van der Waals surface area contributed by atoms with Crippen LogP contribution < -0.4 is 10.2 Å². The Morgan fingerprint density at radius 3 is 2.60 bits per heavy atom. The van der Waals surface area contributed by atoms with Crippen LogP contribution in [0.3, 0.4) is 0 Å². The van der Waals surface area contributed by atoms with Crippen LogP contribution in [-0.4, -0.2) is 49.7 Å². The molecule has 4 nitrogen and oxygen atoms in total. The smallest absolute Gasteiger partial charge is 0.132 e. The zero-order valence-electron chi connectivity index (χ0n) is 13.7. The first-order chi connectivity index (χ1) is 9.54. The summed E-state index contributed by atoms with van der Waals surface area (Å²) in [6.45, 7) is 10.6. The van der Waals surface area contributed by atoms with E-state index >= 15 is 0 Å². The summed E-state index contributed by atoms with van der Waals surface area (Å²) >= 11 is 0. The van der Waals surface area contributed by atoms with Gasteiger partial charge in [0.15, 0.2) is 0 Å². The molecule has 0 bridgehead atoms. The minimum Gasteiger partial charge on any atom is -0.357 e. The van der Waals surface area contributed by atoms with Crippen LogP contribution >= 0.6 is 0 Å². The van der Waals surface area contributed by atoms with Gasteiger partial charge in [0.2, 0.25) is 0 Å². The molecule has 0 saturated carbocycles. The van der Waals surface area contributed by atoms with Crippen molar-refractivity contribution < 1.29 is 0 Å². The van der Waals surface area contributed by atoms with E-state index in [0.717, 1.165) is 38.4 Å². The maximum absolute atomic E-state index is 4.60. The Labute approximate surface area is 124 Å². The van der Waals surface area contributed by atoms with Gasteiger partial charge in [0.05, 0.1) is 0 Å². The second-order valence-corrected chi connectivity index (χ2v) is 5.76. The van der Waals surface area contributed by atoms with Crippen molar-refractivity contribution in [3.63, 3.8) is 0 Å². The minimum absolute atomic E-state index is 0.492. The number of aromatic nitrogens is 1. The van der Waals surface area contributed by atoms with Crippen molar-refractivity contribution in [1.82, 2.24) is 15.2 Å². The predicted octanol–water partition coefficient (Wildman–Crippen LogP) is 2.36. The summed E-state index contributed by atoms with van der Waals surface area (Å²) in [4.78, 5) is 9.20. The highest BCUT2D eigenvalue weighted by atomic mass is 15.2. The molecule has 0 radical (unpaired) electrons. The van der Waals surface area contributed by atoms with Crippen molar-refractivity contribution in [2.75, 3.05) is 38.6 Å². The van der Waals surface area contributed by atoms with E-state index in [2.05, 4.69) is 61.0 Å². The molecule has 0 aliphatic rings. The van der Waals surface area contributed by atoms with Gasteiger partial charge in [-0.25, -0.2) is 4.98 Å². The molecule has 4 heteroatoms. The van der Waals surface area contributed by atoms with Crippen LogP contribution in [0.5, 0.6) is 0 Å². The highest BCUT2D eigenvalue weighted by molar-refractivity contribution is 5.46. The molecule has 1 N–H and O–H groups in total. The molecule has 0 amide bonds. The van der Waals surface area contributed by atoms with Crippen molar-refractivity contribution in [2.45, 2.75) is 39.8 Å². The molecule has 0 fully saturated rings. The Bertz CT molecular complexity index is 376. The fourth-order valence-corrected chi connectivity index (χ4v) is 2.16. The fraction of sp³-hybridized carbons (Fsp3) is 0.688. The Kier molecular flexibility index (Phi) is 7.55. The number of hydrogen-bond acceptors (Lipinski definition) is 4. The lowest BCUT2D eigenvalue weighted by atomic mass is 10.2. The van der Waals surface area contributed by atoms with E-state index in [9.17, 15) is 0 Å². The Morgan fingerprint density at radius 2 is 2.00 bits per heavy atom. The lowest BCUT2D eigenvalue weighted by Gasteiger charge is -2.25. The molecule has 0 aromatic carbocycles. The van der Waals surface area contributed by atoms with Crippen molar-refractivity contribution in [3.8, 4) is 0 Å². The molecule has 20 heavy (non-hydrogen) atoms. The minimum atomic E-state index is 0.492. The van der Waals surface area contributed by atoms with Crippen molar-refractivity contribution >= 4 is 5.82 Å². The molecule has 0 aliphatic carbocycles. The van der Waals surface area contributed by atoms with E-state index in [1.54, 1.807) is 0 Å². The Hall–Kier alpha value is -1.13. The van der Waals surface area contributed by atoms with Gasteiger partial charge in [-0.05, 0) is 40.1 Å². The standard InChI is InChI=1S/C16H30N4/c1-6-20(12-8-11-19(4)5)16-15(9-7-10-17-16)13-18-14(2)3/h7,9-10,14,18H,6,8,11-13H2,1-5H3. The molecule has 0 atom stereocenters. The summed E-state index contributed by atoms with van der Waals surface area (Å²) in [5.74, 6) is 1.13. The van der Waals surface area contributed by atoms with Gasteiger partial charge in [-0.2, -0.15) is 0 Å². The van der Waals surface area contributed by atoms with Gasteiger partial charge < -0.3 is 15.1 Å². The molecular formula is C16H30N4. The number of pyridine rings is 1. The number of anilines is 1. The molecule has 114 valence electrons. The topological polar surface area (TPSA) is 31.4 Å². The third kappa shape index (κ3) is 5.88. The molecule has 1 aromatic rings. The predicted molar refractivity (Wildman–Crippen MR) is 87.3 cm³/mol. The van der Waals surface area contributed by atoms with Gasteiger partial charge in [0, 0.05) is 37.4 Å². The van der Waals surface area contributed by atoms with E-state index in [0.29, 0.717) is 6.04 Å². The second kappa shape index (κ2) is 8.93. The van der Waals surface area contributed by atoms with Gasteiger partial charge in [-0.15, -0.1) is 0 Å². The van der Waals surface area contributed by atoms with Gasteiger partial charge in [0.1, 0.15) is 5.82 Å². The van der Waals surface area contributed by atoms with Crippen LogP contribution in [0.1, 0.15) is 32.8 Å². The van der Waals surface area contributed by atoms with Crippen LogP contribution in [0.2, 0.25) is 0 Å². The normalized spacial score (nSPS) is 11.3. The van der Waals surface area contributed by atoms with Gasteiger partial charge in [-0.1, -0.05) is 19.9 Å². The summed E-state index contributed by atoms with van der Waals surface area (Å²) in [5, 5.41) is 3.48. The molecule has 1 heterocycles. The largest absolute Gasteiger partial charge is 0.357 e. The van der Waals surface area contributed by atoms with Crippen molar-refractivity contribution in [3.05, 3.63) is 23.9 Å². The summed E-state index contributed by atoms with van der Waals surface area (Å²) in [6, 6.07) is 4.69. The molecule has 1 aromatic heterocycles. The number of rotatable bonds is 9. The first-order valence-electron chi connectivity index (χ1n) is 7.61. The number of nitrogens with zero attached hydrogens (tertiary/aromatic N) is 3. The molecule has 1 rings (SSSR count). The quantitative estimate of drug-likeness (QED) is 0.751. The van der Waals surface area contributed by atoms with Crippen LogP contribution in [0.15, 0.2) is 18.3 Å². The highest BCUT2D eigenvalue weighted by Crippen LogP contribution is 2.17. The van der Waals surface area contributed by atoms with E-state index in [1.807, 2.05) is 12.3 Å². The number of hydrogen-bond donors (Lipinski definition) is 1. The van der Waals surface area contributed by atoms with E-state index in [4.69, 9.17) is 0 Å². The fourth-order valence-electron chi connectivity index (χ4n) is 2.16. The molecule has 0 spiro atoms. The summed E-state index contributed by atoms with van der Waals surface area (Å²) in [7, 11) is 4.24. The molecule has 0 aliphatic heterocycles. The van der Waals surface area contributed by atoms with Gasteiger partial charge >= 0.3 is 0 Å². The zero-order chi connectivity index (χ0) is 15.0. The van der Waals surface area contributed by atoms with Crippen molar-refractivity contribution in [1.29, 1.82) is 0 Å². The molecular weight excluding hydrogens is 248 g/mol. The highest BCUT2D eigenvalue weighted by Gasteiger charge is 2.11. The summed E-state index contributed by atoms with van der Waals surface area (Å²) in [6.07, 6.45) is 3.05. The maximum atomic E-state index is 4.60. The average Bonchev–Trinajstić information content (AvgIpc) is 2.41. The third-order valence-electron chi connectivity index (χ3n) is 3.28. The second-order valence-electron chi connectivity index (χ2n) is 5.76. The first kappa shape index (κ1) is 16.9. The molecule has 0 unspecified atom stereocenters. The summed E-state index contributed by atoms with van der Waals surface area (Å²) in [5.41, 5.74) is 1.29. The van der Waals surface area contributed by atoms with Crippen LogP contribution in [0.25, 0.3) is 0 Å². The Morgan fingerprint density at radius 1 is 1.25 bits per heavy atom. The third-order valence-corrected chi connectivity index (χ3v) is 3.28. The maximum Gasteiger partial charge on any atom is 0.132 e. The molecule has 0 saturated heterocycles. The zero-order valence-corrected chi connectivity index (χ0v) is 13.7. The van der Waals surface area contributed by atoms with Crippen LogP contribution in [0.4, 0.5) is 5.82 Å². The lowest BCUT2D eigenvalue weighted by Crippen LogP contribution is -2.30. The van der Waals surface area contributed by atoms with Crippen LogP contribution in [0, 0.1) is 0 Å². The number of nitrogens with one attached hydrogen (secondary N) is 1. The van der Waals surface area contributed by atoms with Crippen molar-refractivity contribution in [2.24, 2.45) is 0 Å². The van der Waals surface area contributed by atoms with Gasteiger partial charge in [-0.3, -0.25) is 0 Å². The monoisotopic (exact) mass is 278 g/mol.